The Bertz CT molecular complexity index is 1200. The normalized spacial score (nSPS) is 18.9. The number of ether oxygens (including phenoxy) is 3. The van der Waals surface area contributed by atoms with Crippen molar-refractivity contribution in [2.75, 3.05) is 26.8 Å². The lowest BCUT2D eigenvalue weighted by molar-refractivity contribution is -0.196. The molecule has 0 saturated carbocycles. The summed E-state index contributed by atoms with van der Waals surface area (Å²) in [6, 6.07) is 16.3. The number of nitrogens with zero attached hydrogens (tertiary/aromatic N) is 1. The van der Waals surface area contributed by atoms with Crippen LogP contribution in [0.1, 0.15) is 24.0 Å². The molecule has 4 rings (SSSR count). The monoisotopic (exact) mass is 522 g/mol. The van der Waals surface area contributed by atoms with E-state index < -0.39 is 25.5 Å². The van der Waals surface area contributed by atoms with E-state index in [2.05, 4.69) is 15.5 Å². The average molecular weight is 522 g/mol. The number of hydrogen-bond donors (Lipinski definition) is 4. The third-order valence-electron chi connectivity index (χ3n) is 6.60. The lowest BCUT2D eigenvalue weighted by Crippen LogP contribution is -2.55. The number of aromatic nitrogens is 1. The van der Waals surface area contributed by atoms with E-state index in [1.54, 1.807) is 13.9 Å². The minimum atomic E-state index is -0.874. The average Bonchev–Trinajstić information content (AvgIpc) is 3.35. The number of hydrogen-bond acceptors (Lipinski definition) is 7. The number of alkyl carbamates (subject to hydrolysis) is 1. The van der Waals surface area contributed by atoms with Gasteiger partial charge in [0, 0.05) is 30.1 Å². The van der Waals surface area contributed by atoms with Gasteiger partial charge in [-0.15, -0.1) is 0 Å². The molecule has 1 saturated heterocycles. The number of amides is 2. The van der Waals surface area contributed by atoms with Crippen molar-refractivity contribution in [1.82, 2.24) is 20.4 Å². The number of nitrogens with one attached hydrogen (secondary N) is 3. The second-order valence-electron chi connectivity index (χ2n) is 9.62. The topological polar surface area (TPSA) is 125 Å². The highest BCUT2D eigenvalue weighted by Crippen LogP contribution is 2.28. The maximum Gasteiger partial charge on any atom is 0.407 e. The van der Waals surface area contributed by atoms with Crippen LogP contribution in [0.2, 0.25) is 6.82 Å². The largest absolute Gasteiger partial charge is 0.445 e. The van der Waals surface area contributed by atoms with Crippen LogP contribution in [0.4, 0.5) is 4.79 Å². The van der Waals surface area contributed by atoms with Gasteiger partial charge < -0.3 is 39.7 Å². The molecule has 2 aromatic carbocycles. The summed E-state index contributed by atoms with van der Waals surface area (Å²) in [5.41, 5.74) is 2.87. The predicted molar refractivity (Wildman–Crippen MR) is 144 cm³/mol. The second-order valence-corrected chi connectivity index (χ2v) is 9.62. The molecular formula is C27H35BN4O6. The molecule has 0 spiro atoms. The van der Waals surface area contributed by atoms with Crippen LogP contribution in [0.25, 0.3) is 10.9 Å². The summed E-state index contributed by atoms with van der Waals surface area (Å²) in [7, 11) is 0.805. The van der Waals surface area contributed by atoms with Crippen LogP contribution in [-0.4, -0.2) is 79.1 Å². The highest BCUT2D eigenvalue weighted by Gasteiger charge is 2.33. The summed E-state index contributed by atoms with van der Waals surface area (Å²) in [6.45, 7) is 4.38. The molecule has 202 valence electrons. The van der Waals surface area contributed by atoms with Gasteiger partial charge in [-0.25, -0.2) is 4.79 Å². The van der Waals surface area contributed by atoms with Crippen LogP contribution in [0, 0.1) is 0 Å². The number of carbonyl (C=O) groups is 2. The lowest BCUT2D eigenvalue weighted by Gasteiger charge is -2.34. The zero-order chi connectivity index (χ0) is 27.1. The highest BCUT2D eigenvalue weighted by atomic mass is 16.7. The van der Waals surface area contributed by atoms with Crippen molar-refractivity contribution < 1.29 is 28.8 Å². The fourth-order valence-corrected chi connectivity index (χ4v) is 4.55. The van der Waals surface area contributed by atoms with Crippen molar-refractivity contribution in [1.29, 1.82) is 0 Å². The van der Waals surface area contributed by atoms with Crippen LogP contribution in [0.5, 0.6) is 0 Å². The van der Waals surface area contributed by atoms with Gasteiger partial charge >= 0.3 is 13.1 Å². The van der Waals surface area contributed by atoms with Gasteiger partial charge in [0.2, 0.25) is 5.91 Å². The van der Waals surface area contributed by atoms with Crippen molar-refractivity contribution in [3.8, 4) is 0 Å². The van der Waals surface area contributed by atoms with Crippen LogP contribution in [0.3, 0.4) is 0 Å². The molecule has 2 amide bonds. The number of aromatic amines is 1. The molecule has 10 nitrogen and oxygen atoms in total. The third-order valence-corrected chi connectivity index (χ3v) is 6.60. The summed E-state index contributed by atoms with van der Waals surface area (Å²) in [5, 5.41) is 16.8. The molecule has 38 heavy (non-hydrogen) atoms. The highest BCUT2D eigenvalue weighted by molar-refractivity contribution is 6.46. The van der Waals surface area contributed by atoms with E-state index in [1.807, 2.05) is 67.7 Å². The second kappa shape index (κ2) is 12.9. The number of rotatable bonds is 10. The predicted octanol–water partition coefficient (Wildman–Crippen LogP) is 2.47. The summed E-state index contributed by atoms with van der Waals surface area (Å²) in [5.74, 6) is -0.417. The Morgan fingerprint density at radius 3 is 2.55 bits per heavy atom. The fourth-order valence-electron chi connectivity index (χ4n) is 4.55. The van der Waals surface area contributed by atoms with Gasteiger partial charge in [-0.3, -0.25) is 4.79 Å². The van der Waals surface area contributed by atoms with E-state index in [1.165, 1.54) is 4.90 Å². The Kier molecular flexibility index (Phi) is 9.40. The van der Waals surface area contributed by atoms with Crippen LogP contribution in [-0.2, 0) is 25.6 Å². The number of benzene rings is 2. The first kappa shape index (κ1) is 27.7. The molecule has 1 fully saturated rings. The molecule has 0 unspecified atom stereocenters. The van der Waals surface area contributed by atoms with Crippen LogP contribution in [0.15, 0.2) is 60.8 Å². The summed E-state index contributed by atoms with van der Waals surface area (Å²) < 4.78 is 16.8. The Hall–Kier alpha value is -3.38. The van der Waals surface area contributed by atoms with Gasteiger partial charge in [-0.05, 0) is 24.0 Å². The number of para-hydroxylation sites is 1. The van der Waals surface area contributed by atoms with Crippen molar-refractivity contribution in [3.05, 3.63) is 71.9 Å². The standard InChI is InChI=1S/C27H35BN4O6/c1-18(22-13-29-23-12-8-7-11-21(22)23)25(31-28(2)35)26(33)32(3)14-24-36-16-20(17-37-24)30-27(34)38-15-19-9-5-4-6-10-19/h4-13,18,20,24-25,29,31,35H,14-17H2,1-3H3,(H,30,34)/t18-,20?,24?,25+/m0/s1. The van der Waals surface area contributed by atoms with Gasteiger partial charge in [0.05, 0.1) is 31.8 Å². The van der Waals surface area contributed by atoms with Crippen LogP contribution < -0.4 is 10.5 Å². The smallest absolute Gasteiger partial charge is 0.407 e. The SMILES string of the molecule is CB(O)N[C@@H](C(=O)N(C)CC1OCC(NC(=O)OCc2ccccc2)CO1)[C@@H](C)c1c[nH]c2ccccc12. The molecule has 4 N–H and O–H groups in total. The number of likely N-dealkylation sites (N-methyl/N-ethyl adjacent to an activating group) is 1. The molecule has 2 atom stereocenters. The first-order valence-corrected chi connectivity index (χ1v) is 12.8. The third kappa shape index (κ3) is 7.14. The number of fused-ring (bicyclic) bond motifs is 1. The molecule has 2 heterocycles. The summed E-state index contributed by atoms with van der Waals surface area (Å²) >= 11 is 0. The quantitative estimate of drug-likeness (QED) is 0.302. The molecule has 0 radical (unpaired) electrons. The van der Waals surface area contributed by atoms with E-state index in [-0.39, 0.29) is 44.2 Å². The lowest BCUT2D eigenvalue weighted by atomic mass is 9.82. The fraction of sp³-hybridized carbons (Fsp3) is 0.407. The molecule has 0 bridgehead atoms. The molecule has 3 aromatic rings. The van der Waals surface area contributed by atoms with E-state index >= 15 is 0 Å². The Labute approximate surface area is 222 Å². The van der Waals surface area contributed by atoms with Gasteiger partial charge in [0.25, 0.3) is 0 Å². The zero-order valence-electron chi connectivity index (χ0n) is 21.9. The maximum atomic E-state index is 13.5. The van der Waals surface area contributed by atoms with Gasteiger partial charge in [-0.2, -0.15) is 0 Å². The van der Waals surface area contributed by atoms with Crippen molar-refractivity contribution in [3.63, 3.8) is 0 Å². The van der Waals surface area contributed by atoms with Gasteiger partial charge in [-0.1, -0.05) is 55.5 Å². The molecule has 1 aromatic heterocycles. The van der Waals surface area contributed by atoms with E-state index in [0.29, 0.717) is 0 Å². The number of carbonyl (C=O) groups excluding carboxylic acids is 2. The molecule has 1 aliphatic rings. The number of H-pyrrole nitrogens is 1. The van der Waals surface area contributed by atoms with E-state index in [9.17, 15) is 14.6 Å². The minimum Gasteiger partial charge on any atom is -0.445 e. The maximum absolute atomic E-state index is 13.5. The summed E-state index contributed by atoms with van der Waals surface area (Å²) in [6.07, 6.45) is 0.720. The first-order valence-electron chi connectivity index (χ1n) is 12.8. The molecule has 11 heteroatoms. The Morgan fingerprint density at radius 2 is 1.84 bits per heavy atom. The zero-order valence-corrected chi connectivity index (χ0v) is 21.9. The molecular weight excluding hydrogens is 487 g/mol. The molecule has 0 aliphatic carbocycles. The van der Waals surface area contributed by atoms with E-state index in [0.717, 1.165) is 22.0 Å². The van der Waals surface area contributed by atoms with Gasteiger partial charge in [0.15, 0.2) is 6.29 Å². The summed E-state index contributed by atoms with van der Waals surface area (Å²) in [4.78, 5) is 30.4. The van der Waals surface area contributed by atoms with Crippen molar-refractivity contribution in [2.24, 2.45) is 0 Å². The van der Waals surface area contributed by atoms with Crippen molar-refractivity contribution >= 4 is 30.0 Å². The Balaban J connectivity index is 1.28. The van der Waals surface area contributed by atoms with Gasteiger partial charge in [0.1, 0.15) is 6.61 Å². The first-order chi connectivity index (χ1) is 18.3. The minimum absolute atomic E-state index is 0.176. The molecule has 1 aliphatic heterocycles. The van der Waals surface area contributed by atoms with E-state index in [4.69, 9.17) is 14.2 Å². The van der Waals surface area contributed by atoms with Crippen LogP contribution >= 0.6 is 0 Å². The Morgan fingerprint density at radius 1 is 1.16 bits per heavy atom. The van der Waals surface area contributed by atoms with Crippen molar-refractivity contribution in [2.45, 2.75) is 44.6 Å².